The molecular weight excluding hydrogens is 222 g/mol. The minimum absolute atomic E-state index is 0.627. The molecule has 3 nitrogen and oxygen atoms in total. The van der Waals surface area contributed by atoms with E-state index in [1.165, 1.54) is 29.8 Å². The standard InChI is InChI=1S/C15H25N3/c1-12-8-13(2)10-15(9-12)16-5-4-14-11-18(3)7-6-17-14/h8-10,14,16-17H,4-7,11H2,1-3H3. The normalized spacial score (nSPS) is 20.9. The van der Waals surface area contributed by atoms with Crippen molar-refractivity contribution in [2.24, 2.45) is 0 Å². The molecule has 0 saturated carbocycles. The Bertz CT molecular complexity index is 369. The zero-order valence-corrected chi connectivity index (χ0v) is 11.8. The van der Waals surface area contributed by atoms with Crippen LogP contribution >= 0.6 is 0 Å². The van der Waals surface area contributed by atoms with E-state index in [4.69, 9.17) is 0 Å². The van der Waals surface area contributed by atoms with E-state index in [2.05, 4.69) is 54.6 Å². The lowest BCUT2D eigenvalue weighted by atomic mass is 10.1. The third-order valence-electron chi connectivity index (χ3n) is 3.50. The van der Waals surface area contributed by atoms with Crippen molar-refractivity contribution in [2.75, 3.05) is 38.5 Å². The molecule has 2 rings (SSSR count). The van der Waals surface area contributed by atoms with E-state index in [1.54, 1.807) is 0 Å². The van der Waals surface area contributed by atoms with Crippen molar-refractivity contribution >= 4 is 5.69 Å². The van der Waals surface area contributed by atoms with Gasteiger partial charge in [0.2, 0.25) is 0 Å². The second-order valence-corrected chi connectivity index (χ2v) is 5.51. The summed E-state index contributed by atoms with van der Waals surface area (Å²) in [7, 11) is 2.20. The van der Waals surface area contributed by atoms with Gasteiger partial charge in [-0.2, -0.15) is 0 Å². The van der Waals surface area contributed by atoms with E-state index in [0.29, 0.717) is 6.04 Å². The maximum atomic E-state index is 3.58. The average Bonchev–Trinajstić information content (AvgIpc) is 2.27. The molecule has 1 aliphatic rings. The molecule has 1 aromatic rings. The second-order valence-electron chi connectivity index (χ2n) is 5.51. The molecule has 0 spiro atoms. The molecule has 2 N–H and O–H groups in total. The summed E-state index contributed by atoms with van der Waals surface area (Å²) in [5.74, 6) is 0. The molecule has 0 aromatic heterocycles. The SMILES string of the molecule is Cc1cc(C)cc(NCCC2CN(C)CCN2)c1. The minimum atomic E-state index is 0.627. The topological polar surface area (TPSA) is 27.3 Å². The molecule has 0 bridgehead atoms. The Morgan fingerprint density at radius 2 is 2.00 bits per heavy atom. The van der Waals surface area contributed by atoms with E-state index in [0.717, 1.165) is 19.6 Å². The monoisotopic (exact) mass is 247 g/mol. The second kappa shape index (κ2) is 6.21. The first-order valence-electron chi connectivity index (χ1n) is 6.87. The lowest BCUT2D eigenvalue weighted by Gasteiger charge is -2.31. The Morgan fingerprint density at radius 1 is 1.28 bits per heavy atom. The van der Waals surface area contributed by atoms with Gasteiger partial charge in [0, 0.05) is 37.9 Å². The fraction of sp³-hybridized carbons (Fsp3) is 0.600. The van der Waals surface area contributed by atoms with Gasteiger partial charge in [-0.15, -0.1) is 0 Å². The van der Waals surface area contributed by atoms with Crippen LogP contribution < -0.4 is 10.6 Å². The highest BCUT2D eigenvalue weighted by molar-refractivity contribution is 5.48. The van der Waals surface area contributed by atoms with Crippen LogP contribution in [0.15, 0.2) is 18.2 Å². The molecule has 0 radical (unpaired) electrons. The van der Waals surface area contributed by atoms with Gasteiger partial charge in [-0.1, -0.05) is 6.07 Å². The molecule has 1 unspecified atom stereocenters. The van der Waals surface area contributed by atoms with Crippen molar-refractivity contribution < 1.29 is 0 Å². The van der Waals surface area contributed by atoms with E-state index in [9.17, 15) is 0 Å². The van der Waals surface area contributed by atoms with Gasteiger partial charge in [-0.05, 0) is 50.6 Å². The summed E-state index contributed by atoms with van der Waals surface area (Å²) in [6, 6.07) is 7.27. The zero-order chi connectivity index (χ0) is 13.0. The van der Waals surface area contributed by atoms with Gasteiger partial charge < -0.3 is 15.5 Å². The molecule has 100 valence electrons. The molecule has 0 aliphatic carbocycles. The number of nitrogens with zero attached hydrogens (tertiary/aromatic N) is 1. The summed E-state index contributed by atoms with van der Waals surface area (Å²) in [6.07, 6.45) is 1.18. The highest BCUT2D eigenvalue weighted by Gasteiger charge is 2.15. The maximum absolute atomic E-state index is 3.58. The van der Waals surface area contributed by atoms with Crippen LogP contribution in [-0.4, -0.2) is 44.2 Å². The Balaban J connectivity index is 1.77. The van der Waals surface area contributed by atoms with Crippen molar-refractivity contribution in [3.63, 3.8) is 0 Å². The number of rotatable bonds is 4. The number of hydrogen-bond donors (Lipinski definition) is 2. The molecule has 3 heteroatoms. The van der Waals surface area contributed by atoms with Crippen LogP contribution in [0.25, 0.3) is 0 Å². The fourth-order valence-corrected chi connectivity index (χ4v) is 2.65. The molecule has 1 fully saturated rings. The lowest BCUT2D eigenvalue weighted by molar-refractivity contribution is 0.234. The smallest absolute Gasteiger partial charge is 0.0345 e. The number of benzene rings is 1. The highest BCUT2D eigenvalue weighted by atomic mass is 15.2. The average molecular weight is 247 g/mol. The Morgan fingerprint density at radius 3 is 2.67 bits per heavy atom. The van der Waals surface area contributed by atoms with Gasteiger partial charge >= 0.3 is 0 Å². The summed E-state index contributed by atoms with van der Waals surface area (Å²) in [4.78, 5) is 2.40. The summed E-state index contributed by atoms with van der Waals surface area (Å²) in [5, 5.41) is 7.11. The van der Waals surface area contributed by atoms with Crippen molar-refractivity contribution in [3.05, 3.63) is 29.3 Å². The Kier molecular flexibility index (Phi) is 4.61. The van der Waals surface area contributed by atoms with Crippen LogP contribution in [0.5, 0.6) is 0 Å². The van der Waals surface area contributed by atoms with E-state index in [-0.39, 0.29) is 0 Å². The van der Waals surface area contributed by atoms with Crippen LogP contribution in [0, 0.1) is 13.8 Å². The molecule has 1 atom stereocenters. The Labute approximate surface area is 111 Å². The molecule has 1 aliphatic heterocycles. The highest BCUT2D eigenvalue weighted by Crippen LogP contribution is 2.13. The predicted octanol–water partition coefficient (Wildman–Crippen LogP) is 2.01. The first-order valence-corrected chi connectivity index (χ1v) is 6.87. The third-order valence-corrected chi connectivity index (χ3v) is 3.50. The van der Waals surface area contributed by atoms with Gasteiger partial charge in [-0.3, -0.25) is 0 Å². The fourth-order valence-electron chi connectivity index (χ4n) is 2.65. The van der Waals surface area contributed by atoms with Crippen molar-refractivity contribution in [1.29, 1.82) is 0 Å². The van der Waals surface area contributed by atoms with Gasteiger partial charge in [0.05, 0.1) is 0 Å². The van der Waals surface area contributed by atoms with Gasteiger partial charge in [0.15, 0.2) is 0 Å². The Hall–Kier alpha value is -1.06. The van der Waals surface area contributed by atoms with E-state index < -0.39 is 0 Å². The third kappa shape index (κ3) is 4.00. The number of aryl methyl sites for hydroxylation is 2. The number of hydrogen-bond acceptors (Lipinski definition) is 3. The number of piperazine rings is 1. The van der Waals surface area contributed by atoms with Crippen LogP contribution in [0.4, 0.5) is 5.69 Å². The van der Waals surface area contributed by atoms with Crippen molar-refractivity contribution in [2.45, 2.75) is 26.3 Å². The lowest BCUT2D eigenvalue weighted by Crippen LogP contribution is -2.49. The molecule has 1 saturated heterocycles. The number of nitrogens with one attached hydrogen (secondary N) is 2. The van der Waals surface area contributed by atoms with Gasteiger partial charge in [-0.25, -0.2) is 0 Å². The van der Waals surface area contributed by atoms with Crippen LogP contribution in [0.2, 0.25) is 0 Å². The maximum Gasteiger partial charge on any atom is 0.0345 e. The summed E-state index contributed by atoms with van der Waals surface area (Å²) >= 11 is 0. The van der Waals surface area contributed by atoms with Gasteiger partial charge in [0.1, 0.15) is 0 Å². The van der Waals surface area contributed by atoms with Gasteiger partial charge in [0.25, 0.3) is 0 Å². The largest absolute Gasteiger partial charge is 0.385 e. The first kappa shape index (κ1) is 13.4. The molecule has 1 aromatic carbocycles. The van der Waals surface area contributed by atoms with E-state index >= 15 is 0 Å². The van der Waals surface area contributed by atoms with Crippen LogP contribution in [-0.2, 0) is 0 Å². The summed E-state index contributed by atoms with van der Waals surface area (Å²) in [6.45, 7) is 8.78. The molecule has 0 amide bonds. The zero-order valence-electron chi connectivity index (χ0n) is 11.8. The predicted molar refractivity (Wildman–Crippen MR) is 78.3 cm³/mol. The number of likely N-dealkylation sites (N-methyl/N-ethyl adjacent to an activating group) is 1. The molecule has 1 heterocycles. The molecular formula is C15H25N3. The van der Waals surface area contributed by atoms with E-state index in [1.807, 2.05) is 0 Å². The first-order chi connectivity index (χ1) is 8.63. The minimum Gasteiger partial charge on any atom is -0.385 e. The van der Waals surface area contributed by atoms with Crippen molar-refractivity contribution in [1.82, 2.24) is 10.2 Å². The van der Waals surface area contributed by atoms with Crippen molar-refractivity contribution in [3.8, 4) is 0 Å². The summed E-state index contributed by atoms with van der Waals surface area (Å²) < 4.78 is 0. The van der Waals surface area contributed by atoms with Crippen LogP contribution in [0.1, 0.15) is 17.5 Å². The number of anilines is 1. The summed E-state index contributed by atoms with van der Waals surface area (Å²) in [5.41, 5.74) is 3.90. The molecule has 18 heavy (non-hydrogen) atoms. The quantitative estimate of drug-likeness (QED) is 0.852. The van der Waals surface area contributed by atoms with Crippen LogP contribution in [0.3, 0.4) is 0 Å².